The minimum absolute atomic E-state index is 0.122. The van der Waals surface area contributed by atoms with Crippen LogP contribution < -0.4 is 0 Å². The summed E-state index contributed by atoms with van der Waals surface area (Å²) in [5, 5.41) is 0. The van der Waals surface area contributed by atoms with Gasteiger partial charge in [0, 0.05) is 25.8 Å². The number of esters is 1. The molecule has 2 aromatic rings. The highest BCUT2D eigenvalue weighted by atomic mass is 16.5. The lowest BCUT2D eigenvalue weighted by atomic mass is 10.0. The Morgan fingerprint density at radius 3 is 2.47 bits per heavy atom. The summed E-state index contributed by atoms with van der Waals surface area (Å²) in [5.74, 6) is -1.82. The number of ether oxygens (including phenoxy) is 2. The number of nitrogens with zero attached hydrogens (tertiary/aromatic N) is 1. The van der Waals surface area contributed by atoms with Crippen molar-refractivity contribution in [2.24, 2.45) is 0 Å². The average molecular weight is 435 g/mol. The molecule has 1 aliphatic carbocycles. The molecule has 7 heteroatoms. The Bertz CT molecular complexity index is 1110. The number of aryl methyl sites for hydroxylation is 2. The lowest BCUT2D eigenvalue weighted by Crippen LogP contribution is -2.31. The SMILES string of the molecule is COCCCN1C(=O)c2ccc(C(=O)OC(C)C(=O)c3ccc4c(c3)CCC4)cc2C1=O. The minimum atomic E-state index is -0.974. The van der Waals surface area contributed by atoms with Crippen LogP contribution in [0.3, 0.4) is 0 Å². The number of hydrogen-bond donors (Lipinski definition) is 0. The first-order valence-electron chi connectivity index (χ1n) is 10.8. The number of rotatable bonds is 8. The smallest absolute Gasteiger partial charge is 0.338 e. The second-order valence-electron chi connectivity index (χ2n) is 8.12. The molecule has 0 bridgehead atoms. The molecule has 32 heavy (non-hydrogen) atoms. The van der Waals surface area contributed by atoms with Gasteiger partial charge in [-0.1, -0.05) is 12.1 Å². The van der Waals surface area contributed by atoms with Gasteiger partial charge in [0.05, 0.1) is 16.7 Å². The number of amides is 2. The van der Waals surface area contributed by atoms with Crippen LogP contribution in [0.1, 0.15) is 72.3 Å². The first-order chi connectivity index (χ1) is 15.4. The maximum Gasteiger partial charge on any atom is 0.338 e. The molecule has 0 N–H and O–H groups in total. The monoisotopic (exact) mass is 435 g/mol. The zero-order chi connectivity index (χ0) is 22.8. The maximum atomic E-state index is 12.8. The topological polar surface area (TPSA) is 90.0 Å². The van der Waals surface area contributed by atoms with Gasteiger partial charge in [-0.15, -0.1) is 0 Å². The van der Waals surface area contributed by atoms with E-state index in [1.807, 2.05) is 12.1 Å². The van der Waals surface area contributed by atoms with Crippen LogP contribution in [0.4, 0.5) is 0 Å². The van der Waals surface area contributed by atoms with E-state index in [0.717, 1.165) is 24.2 Å². The lowest BCUT2D eigenvalue weighted by Gasteiger charge is -2.13. The van der Waals surface area contributed by atoms with Crippen molar-refractivity contribution in [3.05, 3.63) is 69.8 Å². The molecule has 2 amide bonds. The summed E-state index contributed by atoms with van der Waals surface area (Å²) in [7, 11) is 1.55. The average Bonchev–Trinajstić information content (AvgIpc) is 3.36. The van der Waals surface area contributed by atoms with Gasteiger partial charge >= 0.3 is 5.97 Å². The first-order valence-corrected chi connectivity index (χ1v) is 10.8. The minimum Gasteiger partial charge on any atom is -0.451 e. The molecule has 0 radical (unpaired) electrons. The molecular weight excluding hydrogens is 410 g/mol. The van der Waals surface area contributed by atoms with Gasteiger partial charge in [0.2, 0.25) is 5.78 Å². The Labute approximate surface area is 186 Å². The van der Waals surface area contributed by atoms with E-state index in [4.69, 9.17) is 9.47 Å². The number of Topliss-reactive ketones (excluding diaryl/α,β-unsaturated/α-hetero) is 1. The Hall–Kier alpha value is -3.32. The maximum absolute atomic E-state index is 12.8. The van der Waals surface area contributed by atoms with Crippen molar-refractivity contribution in [2.45, 2.75) is 38.7 Å². The summed E-state index contributed by atoms with van der Waals surface area (Å²) < 4.78 is 10.4. The van der Waals surface area contributed by atoms with E-state index in [0.29, 0.717) is 18.6 Å². The van der Waals surface area contributed by atoms with Crippen LogP contribution in [0.2, 0.25) is 0 Å². The van der Waals surface area contributed by atoms with Gasteiger partial charge in [-0.05, 0) is 68.0 Å². The van der Waals surface area contributed by atoms with E-state index in [-0.39, 0.29) is 34.9 Å². The van der Waals surface area contributed by atoms with Crippen molar-refractivity contribution < 1.29 is 28.7 Å². The second-order valence-corrected chi connectivity index (χ2v) is 8.12. The van der Waals surface area contributed by atoms with Crippen LogP contribution >= 0.6 is 0 Å². The van der Waals surface area contributed by atoms with Gasteiger partial charge in [0.15, 0.2) is 6.10 Å². The number of ketones is 1. The van der Waals surface area contributed by atoms with Gasteiger partial charge in [0.25, 0.3) is 11.8 Å². The van der Waals surface area contributed by atoms with Crippen LogP contribution in [0.25, 0.3) is 0 Å². The van der Waals surface area contributed by atoms with Crippen LogP contribution in [0.5, 0.6) is 0 Å². The molecule has 1 unspecified atom stereocenters. The van der Waals surface area contributed by atoms with Gasteiger partial charge in [-0.25, -0.2) is 4.79 Å². The summed E-state index contributed by atoms with van der Waals surface area (Å²) in [6, 6.07) is 9.88. The van der Waals surface area contributed by atoms with Crippen molar-refractivity contribution in [3.63, 3.8) is 0 Å². The summed E-state index contributed by atoms with van der Waals surface area (Å²) in [5.41, 5.74) is 3.50. The third-order valence-corrected chi connectivity index (χ3v) is 5.97. The molecule has 7 nitrogen and oxygen atoms in total. The van der Waals surface area contributed by atoms with E-state index in [1.165, 1.54) is 36.2 Å². The molecule has 166 valence electrons. The molecule has 0 fully saturated rings. The number of hydrogen-bond acceptors (Lipinski definition) is 6. The second kappa shape index (κ2) is 9.04. The number of imide groups is 1. The molecule has 0 spiro atoms. The Balaban J connectivity index is 1.45. The number of carbonyl (C=O) groups is 4. The van der Waals surface area contributed by atoms with Gasteiger partial charge in [-0.2, -0.15) is 0 Å². The number of benzene rings is 2. The number of fused-ring (bicyclic) bond motifs is 2. The zero-order valence-corrected chi connectivity index (χ0v) is 18.2. The third kappa shape index (κ3) is 4.08. The van der Waals surface area contributed by atoms with Crippen LogP contribution in [0, 0.1) is 0 Å². The molecule has 0 saturated carbocycles. The highest BCUT2D eigenvalue weighted by Crippen LogP contribution is 2.26. The largest absolute Gasteiger partial charge is 0.451 e. The van der Waals surface area contributed by atoms with E-state index >= 15 is 0 Å². The normalized spacial score (nSPS) is 15.5. The number of methoxy groups -OCH3 is 1. The Morgan fingerprint density at radius 2 is 1.69 bits per heavy atom. The summed E-state index contributed by atoms with van der Waals surface area (Å²) in [6.45, 7) is 2.21. The van der Waals surface area contributed by atoms with Gasteiger partial charge in [-0.3, -0.25) is 19.3 Å². The molecule has 0 aromatic heterocycles. The molecule has 1 atom stereocenters. The summed E-state index contributed by atoms with van der Waals surface area (Å²) >= 11 is 0. The van der Waals surface area contributed by atoms with E-state index in [2.05, 4.69) is 0 Å². The fourth-order valence-corrected chi connectivity index (χ4v) is 4.23. The molecule has 0 saturated heterocycles. The van der Waals surface area contributed by atoms with Crippen molar-refractivity contribution in [1.82, 2.24) is 4.90 Å². The molecule has 2 aliphatic rings. The van der Waals surface area contributed by atoms with Crippen molar-refractivity contribution >= 4 is 23.6 Å². The predicted molar refractivity (Wildman–Crippen MR) is 116 cm³/mol. The van der Waals surface area contributed by atoms with E-state index in [9.17, 15) is 19.2 Å². The Morgan fingerprint density at radius 1 is 0.969 bits per heavy atom. The quantitative estimate of drug-likeness (QED) is 0.274. The van der Waals surface area contributed by atoms with Crippen molar-refractivity contribution in [2.75, 3.05) is 20.3 Å². The summed E-state index contributed by atoms with van der Waals surface area (Å²) in [4.78, 5) is 51.7. The Kier molecular flexibility index (Phi) is 6.19. The third-order valence-electron chi connectivity index (χ3n) is 5.97. The molecule has 1 heterocycles. The zero-order valence-electron chi connectivity index (χ0n) is 18.2. The number of carbonyl (C=O) groups excluding carboxylic acids is 4. The fraction of sp³-hybridized carbons (Fsp3) is 0.360. The molecule has 4 rings (SSSR count). The van der Waals surface area contributed by atoms with Gasteiger partial charge in [0.1, 0.15) is 0 Å². The van der Waals surface area contributed by atoms with Crippen LogP contribution in [-0.2, 0) is 22.3 Å². The highest BCUT2D eigenvalue weighted by Gasteiger charge is 2.36. The van der Waals surface area contributed by atoms with Gasteiger partial charge < -0.3 is 9.47 Å². The van der Waals surface area contributed by atoms with E-state index in [1.54, 1.807) is 13.2 Å². The molecule has 1 aliphatic heterocycles. The van der Waals surface area contributed by atoms with Crippen molar-refractivity contribution in [1.29, 1.82) is 0 Å². The predicted octanol–water partition coefficient (Wildman–Crippen LogP) is 3.24. The van der Waals surface area contributed by atoms with Crippen LogP contribution in [-0.4, -0.2) is 54.8 Å². The first kappa shape index (κ1) is 21.9. The molecular formula is C25H25NO6. The molecule has 2 aromatic carbocycles. The standard InChI is InChI=1S/C25H25NO6/c1-15(22(27)18-8-7-16-5-3-6-17(16)13-18)32-25(30)19-9-10-20-21(14-19)24(29)26(23(20)28)11-4-12-31-2/h7-10,13-15H,3-6,11-12H2,1-2H3. The van der Waals surface area contributed by atoms with Crippen molar-refractivity contribution in [3.8, 4) is 0 Å². The highest BCUT2D eigenvalue weighted by molar-refractivity contribution is 6.22. The fourth-order valence-electron chi connectivity index (χ4n) is 4.23. The van der Waals surface area contributed by atoms with Crippen LogP contribution in [0.15, 0.2) is 36.4 Å². The van der Waals surface area contributed by atoms with E-state index < -0.39 is 18.0 Å². The lowest BCUT2D eigenvalue weighted by molar-refractivity contribution is 0.0318. The summed E-state index contributed by atoms with van der Waals surface area (Å²) in [6.07, 6.45) is 2.62.